The van der Waals surface area contributed by atoms with Gasteiger partial charge in [0.2, 0.25) is 0 Å². The van der Waals surface area contributed by atoms with Crippen molar-refractivity contribution in [1.82, 2.24) is 9.97 Å². The second-order valence-electron chi connectivity index (χ2n) is 6.33. The number of aromatic amines is 2. The monoisotopic (exact) mass is 416 g/mol. The molecule has 0 saturated carbocycles. The number of nitrogens with one attached hydrogen (secondary N) is 2. The number of carboxylic acid groups (broad SMARTS) is 1. The summed E-state index contributed by atoms with van der Waals surface area (Å²) < 4.78 is 5.75. The van der Waals surface area contributed by atoms with Gasteiger partial charge in [-0.1, -0.05) is 19.8 Å². The third kappa shape index (κ3) is 6.35. The van der Waals surface area contributed by atoms with Crippen LogP contribution in [-0.2, 0) is 4.74 Å². The fraction of sp³-hybridized carbons (Fsp3) is 0.250. The maximum Gasteiger partial charge on any atom is 0.338 e. The Morgan fingerprint density at radius 3 is 2.34 bits per heavy atom. The zero-order valence-corrected chi connectivity index (χ0v) is 16.8. The van der Waals surface area contributed by atoms with Crippen LogP contribution in [-0.4, -0.2) is 33.6 Å². The number of aromatic carboxylic acids is 1. The van der Waals surface area contributed by atoms with Crippen molar-refractivity contribution in [2.75, 3.05) is 18.1 Å². The summed E-state index contributed by atoms with van der Waals surface area (Å²) in [6.45, 7) is 2.59. The molecular formula is C20H24N4O4S. The summed E-state index contributed by atoms with van der Waals surface area (Å²) in [4.78, 5) is 28.1. The van der Waals surface area contributed by atoms with E-state index in [0.717, 1.165) is 30.3 Å². The molecule has 0 radical (unpaired) electrons. The van der Waals surface area contributed by atoms with E-state index in [0.29, 0.717) is 28.3 Å². The third-order valence-electron chi connectivity index (χ3n) is 4.07. The summed E-state index contributed by atoms with van der Waals surface area (Å²) in [5.41, 5.74) is 13.8. The Morgan fingerprint density at radius 1 is 1.00 bits per heavy atom. The Labute approximate surface area is 172 Å². The smallest absolute Gasteiger partial charge is 0.338 e. The average Bonchev–Trinajstić information content (AvgIpc) is 3.06. The molecule has 0 amide bonds. The first-order valence-corrected chi connectivity index (χ1v) is 9.50. The highest BCUT2D eigenvalue weighted by molar-refractivity contribution is 7.71. The summed E-state index contributed by atoms with van der Waals surface area (Å²) in [5.74, 6) is -1.29. The number of carboxylic acids is 1. The molecule has 0 unspecified atom stereocenters. The number of aromatic nitrogens is 2. The standard InChI is InChI=1S/C13H16N2O2S.C7H8N2O2/c1-2-3-4-7-17-12(16)9-5-6-10-11(8-9)15-13(18)14-10;8-5-2-1-4(7(10)11)3-6(5)9/h5-6,8H,2-4,7H2,1H3,(H2,14,15,18);1-3H,8-9H2,(H,10,11). The van der Waals surface area contributed by atoms with Gasteiger partial charge in [-0.25, -0.2) is 9.59 Å². The molecule has 3 aromatic rings. The Kier molecular flexibility index (Phi) is 7.79. The Balaban J connectivity index is 0.000000234. The van der Waals surface area contributed by atoms with Gasteiger partial charge in [0.15, 0.2) is 4.77 Å². The third-order valence-corrected chi connectivity index (χ3v) is 4.27. The van der Waals surface area contributed by atoms with Gasteiger partial charge in [0, 0.05) is 0 Å². The molecule has 0 atom stereocenters. The lowest BCUT2D eigenvalue weighted by Gasteiger charge is -2.04. The summed E-state index contributed by atoms with van der Waals surface area (Å²) in [7, 11) is 0. The number of nitrogen functional groups attached to an aromatic ring is 2. The minimum atomic E-state index is -1.00. The van der Waals surface area contributed by atoms with Gasteiger partial charge < -0.3 is 31.3 Å². The first-order chi connectivity index (χ1) is 13.8. The number of esters is 1. The summed E-state index contributed by atoms with van der Waals surface area (Å²) in [6, 6.07) is 9.53. The largest absolute Gasteiger partial charge is 0.478 e. The molecule has 29 heavy (non-hydrogen) atoms. The molecule has 154 valence electrons. The van der Waals surface area contributed by atoms with Crippen molar-refractivity contribution in [3.8, 4) is 0 Å². The van der Waals surface area contributed by atoms with Gasteiger partial charge in [0.05, 0.1) is 40.1 Å². The van der Waals surface area contributed by atoms with E-state index in [9.17, 15) is 9.59 Å². The van der Waals surface area contributed by atoms with E-state index in [-0.39, 0.29) is 11.5 Å². The Bertz CT molecular complexity index is 1060. The number of imidazole rings is 1. The number of ether oxygens (including phenoxy) is 1. The molecule has 0 spiro atoms. The zero-order chi connectivity index (χ0) is 21.4. The van der Waals surface area contributed by atoms with Crippen LogP contribution in [0.1, 0.15) is 46.9 Å². The van der Waals surface area contributed by atoms with Crippen LogP contribution in [0.15, 0.2) is 36.4 Å². The lowest BCUT2D eigenvalue weighted by atomic mass is 10.2. The second kappa shape index (κ2) is 10.3. The lowest BCUT2D eigenvalue weighted by Crippen LogP contribution is -2.06. The number of hydrogen-bond acceptors (Lipinski definition) is 6. The van der Waals surface area contributed by atoms with Crippen LogP contribution >= 0.6 is 12.2 Å². The van der Waals surface area contributed by atoms with Crippen LogP contribution in [0.3, 0.4) is 0 Å². The van der Waals surface area contributed by atoms with Crippen molar-refractivity contribution in [1.29, 1.82) is 0 Å². The van der Waals surface area contributed by atoms with E-state index in [1.165, 1.54) is 18.2 Å². The topological polar surface area (TPSA) is 147 Å². The minimum Gasteiger partial charge on any atom is -0.478 e. The molecule has 0 aliphatic carbocycles. The average molecular weight is 417 g/mol. The molecule has 8 nitrogen and oxygen atoms in total. The summed E-state index contributed by atoms with van der Waals surface area (Å²) in [5, 5.41) is 8.50. The van der Waals surface area contributed by atoms with Gasteiger partial charge >= 0.3 is 11.9 Å². The number of carbonyl (C=O) groups is 2. The number of hydrogen-bond donors (Lipinski definition) is 5. The van der Waals surface area contributed by atoms with Gasteiger partial charge in [-0.15, -0.1) is 0 Å². The first-order valence-electron chi connectivity index (χ1n) is 9.09. The molecule has 7 N–H and O–H groups in total. The molecule has 3 rings (SSSR count). The molecule has 0 aliphatic heterocycles. The fourth-order valence-corrected chi connectivity index (χ4v) is 2.69. The number of fused-ring (bicyclic) bond motifs is 1. The van der Waals surface area contributed by atoms with Crippen molar-refractivity contribution >= 4 is 46.6 Å². The number of carbonyl (C=O) groups excluding carboxylic acids is 1. The van der Waals surface area contributed by atoms with Crippen LogP contribution in [0.25, 0.3) is 11.0 Å². The summed E-state index contributed by atoms with van der Waals surface area (Å²) >= 11 is 4.99. The predicted molar refractivity (Wildman–Crippen MR) is 116 cm³/mol. The number of rotatable bonds is 6. The van der Waals surface area contributed by atoms with Crippen molar-refractivity contribution in [3.05, 3.63) is 52.3 Å². The maximum atomic E-state index is 11.8. The SMILES string of the molecule is CCCCCOC(=O)c1ccc2[nH]c(=S)[nH]c2c1.Nc1ccc(C(=O)O)cc1N. The normalized spacial score (nSPS) is 10.2. The van der Waals surface area contributed by atoms with E-state index in [4.69, 9.17) is 33.5 Å². The second-order valence-corrected chi connectivity index (χ2v) is 6.74. The molecule has 0 aliphatic rings. The van der Waals surface area contributed by atoms with Gasteiger partial charge in [-0.2, -0.15) is 0 Å². The molecule has 1 heterocycles. The predicted octanol–water partition coefficient (Wildman–Crippen LogP) is 4.12. The fourth-order valence-electron chi connectivity index (χ4n) is 2.47. The van der Waals surface area contributed by atoms with Crippen molar-refractivity contribution in [3.63, 3.8) is 0 Å². The van der Waals surface area contributed by atoms with E-state index >= 15 is 0 Å². The number of benzene rings is 2. The molecular weight excluding hydrogens is 392 g/mol. The van der Waals surface area contributed by atoms with Crippen LogP contribution < -0.4 is 11.5 Å². The van der Waals surface area contributed by atoms with Gasteiger partial charge in [-0.05, 0) is 55.0 Å². The first kappa shape index (κ1) is 22.0. The molecule has 9 heteroatoms. The van der Waals surface area contributed by atoms with E-state index < -0.39 is 5.97 Å². The van der Waals surface area contributed by atoms with Crippen molar-refractivity contribution in [2.45, 2.75) is 26.2 Å². The van der Waals surface area contributed by atoms with Crippen LogP contribution in [0, 0.1) is 4.77 Å². The van der Waals surface area contributed by atoms with E-state index in [2.05, 4.69) is 16.9 Å². The summed E-state index contributed by atoms with van der Waals surface area (Å²) in [6.07, 6.45) is 3.11. The van der Waals surface area contributed by atoms with Gasteiger partial charge in [0.25, 0.3) is 0 Å². The number of unbranched alkanes of at least 4 members (excludes halogenated alkanes) is 2. The molecule has 0 bridgehead atoms. The highest BCUT2D eigenvalue weighted by Crippen LogP contribution is 2.15. The van der Waals surface area contributed by atoms with E-state index in [1.54, 1.807) is 12.1 Å². The molecule has 0 saturated heterocycles. The number of anilines is 2. The highest BCUT2D eigenvalue weighted by atomic mass is 32.1. The highest BCUT2D eigenvalue weighted by Gasteiger charge is 2.08. The van der Waals surface area contributed by atoms with Crippen LogP contribution in [0.2, 0.25) is 0 Å². The van der Waals surface area contributed by atoms with Crippen molar-refractivity contribution in [2.24, 2.45) is 0 Å². The van der Waals surface area contributed by atoms with E-state index in [1.807, 2.05) is 6.07 Å². The quantitative estimate of drug-likeness (QED) is 0.176. The number of nitrogens with two attached hydrogens (primary N) is 2. The zero-order valence-electron chi connectivity index (χ0n) is 16.0. The van der Waals surface area contributed by atoms with Gasteiger partial charge in [0.1, 0.15) is 0 Å². The Morgan fingerprint density at radius 2 is 1.69 bits per heavy atom. The van der Waals surface area contributed by atoms with Crippen LogP contribution in [0.4, 0.5) is 11.4 Å². The van der Waals surface area contributed by atoms with Crippen LogP contribution in [0.5, 0.6) is 0 Å². The molecule has 0 fully saturated rings. The maximum absolute atomic E-state index is 11.8. The minimum absolute atomic E-state index is 0.150. The van der Waals surface area contributed by atoms with Crippen molar-refractivity contribution < 1.29 is 19.4 Å². The molecule has 1 aromatic heterocycles. The number of H-pyrrole nitrogens is 2. The van der Waals surface area contributed by atoms with Gasteiger partial charge in [-0.3, -0.25) is 0 Å². The lowest BCUT2D eigenvalue weighted by molar-refractivity contribution is 0.0498. The Hall–Kier alpha value is -3.33. The molecule has 2 aromatic carbocycles.